The molecule has 0 unspecified atom stereocenters. The van der Waals surface area contributed by atoms with E-state index in [2.05, 4.69) is 20.4 Å². The predicted octanol–water partition coefficient (Wildman–Crippen LogP) is 1.66. The number of furan rings is 1. The van der Waals surface area contributed by atoms with Crippen molar-refractivity contribution in [2.24, 2.45) is 0 Å². The summed E-state index contributed by atoms with van der Waals surface area (Å²) in [5, 5.41) is 4.79. The molecule has 2 N–H and O–H groups in total. The monoisotopic (exact) mass is 357 g/mol. The van der Waals surface area contributed by atoms with Crippen LogP contribution in [-0.2, 0) is 11.3 Å². The molecule has 0 atom stereocenters. The van der Waals surface area contributed by atoms with Gasteiger partial charge in [0, 0.05) is 18.3 Å². The van der Waals surface area contributed by atoms with E-state index in [0.717, 1.165) is 0 Å². The summed E-state index contributed by atoms with van der Waals surface area (Å²) >= 11 is 0. The fraction of sp³-hybridized carbons (Fsp3) is 0.267. The van der Waals surface area contributed by atoms with Crippen molar-refractivity contribution in [1.82, 2.24) is 15.6 Å². The van der Waals surface area contributed by atoms with Crippen molar-refractivity contribution in [1.29, 1.82) is 0 Å². The van der Waals surface area contributed by atoms with Crippen LogP contribution in [0.2, 0.25) is 0 Å². The van der Waals surface area contributed by atoms with Gasteiger partial charge in [-0.2, -0.15) is 13.2 Å². The number of hydrogen-bond donors (Lipinski definition) is 2. The van der Waals surface area contributed by atoms with Crippen molar-refractivity contribution >= 4 is 11.8 Å². The highest BCUT2D eigenvalue weighted by Crippen LogP contribution is 2.19. The number of nitrogens with zero attached hydrogens (tertiary/aromatic N) is 1. The van der Waals surface area contributed by atoms with Gasteiger partial charge >= 0.3 is 6.18 Å². The van der Waals surface area contributed by atoms with E-state index in [9.17, 15) is 22.8 Å². The van der Waals surface area contributed by atoms with E-state index in [1.165, 1.54) is 36.7 Å². The summed E-state index contributed by atoms with van der Waals surface area (Å²) in [5.41, 5.74) is 0.275. The second-order valence-electron chi connectivity index (χ2n) is 4.81. The maximum absolute atomic E-state index is 12.2. The number of ether oxygens (including phenoxy) is 1. The molecule has 2 aromatic rings. The third-order valence-corrected chi connectivity index (χ3v) is 2.85. The van der Waals surface area contributed by atoms with E-state index < -0.39 is 24.6 Å². The second-order valence-corrected chi connectivity index (χ2v) is 4.81. The highest BCUT2D eigenvalue weighted by atomic mass is 19.4. The van der Waals surface area contributed by atoms with Gasteiger partial charge in [0.15, 0.2) is 12.4 Å². The van der Waals surface area contributed by atoms with Crippen LogP contribution in [-0.4, -0.2) is 36.1 Å². The van der Waals surface area contributed by atoms with Gasteiger partial charge < -0.3 is 19.8 Å². The fourth-order valence-electron chi connectivity index (χ4n) is 1.75. The number of carbonyl (C=O) groups excluding carboxylic acids is 2. The minimum absolute atomic E-state index is 0.0582. The quantitative estimate of drug-likeness (QED) is 0.786. The van der Waals surface area contributed by atoms with Crippen molar-refractivity contribution < 1.29 is 31.9 Å². The van der Waals surface area contributed by atoms with Crippen LogP contribution in [0.25, 0.3) is 0 Å². The first-order valence-corrected chi connectivity index (χ1v) is 7.07. The Morgan fingerprint density at radius 2 is 2.00 bits per heavy atom. The van der Waals surface area contributed by atoms with Crippen molar-refractivity contribution in [3.8, 4) is 5.88 Å². The highest BCUT2D eigenvalue weighted by Gasteiger charge is 2.29. The molecule has 0 bridgehead atoms. The number of amides is 2. The van der Waals surface area contributed by atoms with E-state index in [0.29, 0.717) is 0 Å². The summed E-state index contributed by atoms with van der Waals surface area (Å²) in [6.45, 7) is -1.90. The van der Waals surface area contributed by atoms with Crippen LogP contribution in [0, 0.1) is 0 Å². The lowest BCUT2D eigenvalue weighted by atomic mass is 10.2. The molecule has 0 saturated carbocycles. The van der Waals surface area contributed by atoms with Crippen LogP contribution < -0.4 is 15.4 Å². The smallest absolute Gasteiger partial charge is 0.422 e. The Labute approximate surface area is 140 Å². The molecule has 134 valence electrons. The number of aromatic nitrogens is 1. The average Bonchev–Trinajstić information content (AvgIpc) is 3.10. The van der Waals surface area contributed by atoms with Gasteiger partial charge in [-0.15, -0.1) is 0 Å². The maximum atomic E-state index is 12.2. The number of alkyl halides is 3. The lowest BCUT2D eigenvalue weighted by Gasteiger charge is -2.12. The van der Waals surface area contributed by atoms with Crippen molar-refractivity contribution in [3.05, 3.63) is 48.0 Å². The van der Waals surface area contributed by atoms with Crippen LogP contribution in [0.3, 0.4) is 0 Å². The Kier molecular flexibility index (Phi) is 5.98. The molecule has 0 fully saturated rings. The molecule has 0 spiro atoms. The Bertz CT molecular complexity index is 717. The summed E-state index contributed by atoms with van der Waals surface area (Å²) in [5.74, 6) is -1.26. The molecule has 0 radical (unpaired) electrons. The minimum atomic E-state index is -4.49. The van der Waals surface area contributed by atoms with Gasteiger partial charge in [-0.3, -0.25) is 9.59 Å². The molecule has 0 aliphatic rings. The molecule has 0 aliphatic carbocycles. The normalized spacial score (nSPS) is 11.0. The molecule has 2 heterocycles. The number of halogens is 3. The molecule has 7 nitrogen and oxygen atoms in total. The van der Waals surface area contributed by atoms with Gasteiger partial charge in [-0.05, 0) is 18.2 Å². The molecule has 2 amide bonds. The van der Waals surface area contributed by atoms with Crippen molar-refractivity contribution in [3.63, 3.8) is 0 Å². The van der Waals surface area contributed by atoms with Gasteiger partial charge in [0.25, 0.3) is 5.91 Å². The molecular formula is C15H14F3N3O4. The first-order chi connectivity index (χ1) is 11.8. The third kappa shape index (κ3) is 6.16. The summed E-state index contributed by atoms with van der Waals surface area (Å²) in [6, 6.07) is 5.94. The fourth-order valence-corrected chi connectivity index (χ4v) is 1.75. The topological polar surface area (TPSA) is 93.5 Å². The van der Waals surface area contributed by atoms with Gasteiger partial charge in [0.1, 0.15) is 0 Å². The standard InChI is InChI=1S/C15H14F3N3O4/c16-15(17,18)9-25-14-10(3-1-5-19-14)7-20-12(22)8-21-13(23)11-4-2-6-24-11/h1-6H,7-9H2,(H,20,22)(H,21,23). The number of hydrogen-bond acceptors (Lipinski definition) is 5. The average molecular weight is 357 g/mol. The first kappa shape index (κ1) is 18.3. The van der Waals surface area contributed by atoms with E-state index in [1.54, 1.807) is 0 Å². The van der Waals surface area contributed by atoms with Gasteiger partial charge in [0.05, 0.1) is 12.8 Å². The van der Waals surface area contributed by atoms with Crippen LogP contribution >= 0.6 is 0 Å². The first-order valence-electron chi connectivity index (χ1n) is 7.07. The lowest BCUT2D eigenvalue weighted by molar-refractivity contribution is -0.154. The van der Waals surface area contributed by atoms with Crippen LogP contribution in [0.15, 0.2) is 41.1 Å². The van der Waals surface area contributed by atoms with Gasteiger partial charge in [-0.1, -0.05) is 6.07 Å². The second kappa shape index (κ2) is 8.18. The summed E-state index contributed by atoms with van der Waals surface area (Å²) in [7, 11) is 0. The number of rotatable bonds is 7. The maximum Gasteiger partial charge on any atom is 0.422 e. The summed E-state index contributed by atoms with van der Waals surface area (Å²) < 4.78 is 46.1. The van der Waals surface area contributed by atoms with Crippen molar-refractivity contribution in [2.75, 3.05) is 13.2 Å². The van der Waals surface area contributed by atoms with E-state index >= 15 is 0 Å². The Morgan fingerprint density at radius 3 is 2.68 bits per heavy atom. The van der Waals surface area contributed by atoms with E-state index in [4.69, 9.17) is 4.42 Å². The lowest BCUT2D eigenvalue weighted by Crippen LogP contribution is -2.36. The molecule has 0 aliphatic heterocycles. The molecule has 10 heteroatoms. The zero-order valence-corrected chi connectivity index (χ0v) is 12.8. The zero-order valence-electron chi connectivity index (χ0n) is 12.8. The molecule has 25 heavy (non-hydrogen) atoms. The molecule has 2 rings (SSSR count). The molecule has 0 aromatic carbocycles. The predicted molar refractivity (Wildman–Crippen MR) is 78.7 cm³/mol. The summed E-state index contributed by atoms with van der Waals surface area (Å²) in [6.07, 6.45) is -1.89. The summed E-state index contributed by atoms with van der Waals surface area (Å²) in [4.78, 5) is 27.0. The Morgan fingerprint density at radius 1 is 1.20 bits per heavy atom. The zero-order chi connectivity index (χ0) is 18.3. The Balaban J connectivity index is 1.82. The number of pyridine rings is 1. The minimum Gasteiger partial charge on any atom is -0.468 e. The Hall–Kier alpha value is -3.04. The van der Waals surface area contributed by atoms with Gasteiger partial charge in [-0.25, -0.2) is 4.98 Å². The molecule has 0 saturated heterocycles. The van der Waals surface area contributed by atoms with Crippen LogP contribution in [0.1, 0.15) is 16.1 Å². The van der Waals surface area contributed by atoms with Crippen molar-refractivity contribution in [2.45, 2.75) is 12.7 Å². The van der Waals surface area contributed by atoms with Crippen LogP contribution in [0.4, 0.5) is 13.2 Å². The highest BCUT2D eigenvalue weighted by molar-refractivity contribution is 5.94. The molecule has 2 aromatic heterocycles. The van der Waals surface area contributed by atoms with Gasteiger partial charge in [0.2, 0.25) is 11.8 Å². The van der Waals surface area contributed by atoms with E-state index in [1.807, 2.05) is 0 Å². The number of carbonyl (C=O) groups is 2. The largest absolute Gasteiger partial charge is 0.468 e. The SMILES string of the molecule is O=C(CNC(=O)c1ccco1)NCc1cccnc1OCC(F)(F)F. The number of nitrogens with one attached hydrogen (secondary N) is 2. The van der Waals surface area contributed by atoms with E-state index in [-0.39, 0.29) is 30.3 Å². The third-order valence-electron chi connectivity index (χ3n) is 2.85. The molecular weight excluding hydrogens is 343 g/mol. The van der Waals surface area contributed by atoms with Crippen LogP contribution in [0.5, 0.6) is 5.88 Å².